The Morgan fingerprint density at radius 3 is 2.62 bits per heavy atom. The Kier molecular flexibility index (Phi) is 5.65. The Bertz CT molecular complexity index is 632. The second kappa shape index (κ2) is 7.22. The number of aliphatic carboxylic acids is 1. The molecule has 0 radical (unpaired) electrons. The summed E-state index contributed by atoms with van der Waals surface area (Å²) >= 11 is 0. The van der Waals surface area contributed by atoms with Gasteiger partial charge in [-0.05, 0) is 20.3 Å². The van der Waals surface area contributed by atoms with Crippen LogP contribution in [0.5, 0.6) is 5.75 Å². The molecule has 0 saturated heterocycles. The summed E-state index contributed by atoms with van der Waals surface area (Å²) in [6, 6.07) is 1.27. The highest BCUT2D eigenvalue weighted by Gasteiger charge is 2.13. The summed E-state index contributed by atoms with van der Waals surface area (Å²) in [5.74, 6) is -1.49. The van der Waals surface area contributed by atoms with Gasteiger partial charge in [0.1, 0.15) is 17.1 Å². The maximum Gasteiger partial charge on any atom is 0.348 e. The number of hydrazone groups is 1. The van der Waals surface area contributed by atoms with Crippen molar-refractivity contribution in [1.29, 1.82) is 0 Å². The number of carbonyl (C=O) groups excluding carboxylic acids is 1. The summed E-state index contributed by atoms with van der Waals surface area (Å²) < 4.78 is 4.83. The third kappa shape index (κ3) is 5.09. The van der Waals surface area contributed by atoms with Crippen molar-refractivity contribution >= 4 is 17.6 Å². The van der Waals surface area contributed by atoms with Crippen molar-refractivity contribution in [3.63, 3.8) is 0 Å². The zero-order valence-corrected chi connectivity index (χ0v) is 11.7. The molecule has 0 fully saturated rings. The van der Waals surface area contributed by atoms with Gasteiger partial charge >= 0.3 is 11.6 Å². The van der Waals surface area contributed by atoms with Gasteiger partial charge in [0.05, 0.1) is 5.71 Å². The van der Waals surface area contributed by atoms with Crippen molar-refractivity contribution in [1.82, 2.24) is 5.43 Å². The van der Waals surface area contributed by atoms with E-state index < -0.39 is 17.5 Å². The first-order chi connectivity index (χ1) is 9.81. The van der Waals surface area contributed by atoms with Gasteiger partial charge in [0.15, 0.2) is 0 Å². The van der Waals surface area contributed by atoms with E-state index in [1.54, 1.807) is 0 Å². The lowest BCUT2D eigenvalue weighted by Crippen LogP contribution is -2.21. The first-order valence-electron chi connectivity index (χ1n) is 6.20. The smallest absolute Gasteiger partial charge is 0.348 e. The number of rotatable bonds is 6. The minimum Gasteiger partial charge on any atom is -0.507 e. The molecule has 0 bridgehead atoms. The van der Waals surface area contributed by atoms with Crippen molar-refractivity contribution in [2.75, 3.05) is 0 Å². The van der Waals surface area contributed by atoms with E-state index in [0.29, 0.717) is 0 Å². The fourth-order valence-electron chi connectivity index (χ4n) is 1.59. The van der Waals surface area contributed by atoms with Gasteiger partial charge in [0, 0.05) is 18.9 Å². The highest BCUT2D eigenvalue weighted by Crippen LogP contribution is 2.15. The molecular formula is C13H16N2O6. The van der Waals surface area contributed by atoms with Crippen LogP contribution in [0.3, 0.4) is 0 Å². The Labute approximate surface area is 120 Å². The van der Waals surface area contributed by atoms with Crippen molar-refractivity contribution in [3.05, 3.63) is 27.8 Å². The molecule has 1 amide bonds. The lowest BCUT2D eigenvalue weighted by atomic mass is 10.2. The SMILES string of the molecule is C/C(=N\NC(=O)CCCC(=O)O)c1c(O)cc(C)oc1=O. The van der Waals surface area contributed by atoms with Crippen molar-refractivity contribution < 1.29 is 24.2 Å². The number of nitrogens with zero attached hydrogens (tertiary/aromatic N) is 1. The van der Waals surface area contributed by atoms with E-state index in [2.05, 4.69) is 10.5 Å². The molecule has 1 aromatic heterocycles. The van der Waals surface area contributed by atoms with Gasteiger partial charge in [-0.15, -0.1) is 0 Å². The maximum atomic E-state index is 11.6. The number of carboxylic acid groups (broad SMARTS) is 1. The number of hydrogen-bond acceptors (Lipinski definition) is 6. The average molecular weight is 296 g/mol. The molecule has 8 heteroatoms. The molecule has 0 aliphatic heterocycles. The van der Waals surface area contributed by atoms with Gasteiger partial charge in [0.2, 0.25) is 5.91 Å². The number of hydrogen-bond donors (Lipinski definition) is 3. The molecule has 1 aromatic rings. The third-order valence-electron chi connectivity index (χ3n) is 2.56. The number of nitrogens with one attached hydrogen (secondary N) is 1. The summed E-state index contributed by atoms with van der Waals surface area (Å²) in [7, 11) is 0. The molecule has 0 aliphatic rings. The third-order valence-corrected chi connectivity index (χ3v) is 2.56. The Morgan fingerprint density at radius 2 is 2.05 bits per heavy atom. The van der Waals surface area contributed by atoms with E-state index in [1.807, 2.05) is 0 Å². The van der Waals surface area contributed by atoms with Crippen molar-refractivity contribution in [3.8, 4) is 5.75 Å². The highest BCUT2D eigenvalue weighted by atomic mass is 16.4. The van der Waals surface area contributed by atoms with Crippen LogP contribution in [0.2, 0.25) is 0 Å². The Morgan fingerprint density at radius 1 is 1.38 bits per heavy atom. The molecular weight excluding hydrogens is 280 g/mol. The Balaban J connectivity index is 2.71. The van der Waals surface area contributed by atoms with Crippen molar-refractivity contribution in [2.24, 2.45) is 5.10 Å². The lowest BCUT2D eigenvalue weighted by molar-refractivity contribution is -0.137. The molecule has 114 valence electrons. The molecule has 0 aliphatic carbocycles. The summed E-state index contributed by atoms with van der Waals surface area (Å²) in [5.41, 5.74) is 1.39. The summed E-state index contributed by atoms with van der Waals surface area (Å²) in [6.07, 6.45) is 0.0731. The quantitative estimate of drug-likeness (QED) is 0.524. The molecule has 8 nitrogen and oxygen atoms in total. The van der Waals surface area contributed by atoms with Crippen LogP contribution in [-0.4, -0.2) is 27.8 Å². The molecule has 0 spiro atoms. The number of aromatic hydroxyl groups is 1. The molecule has 0 atom stereocenters. The number of carbonyl (C=O) groups is 2. The minimum absolute atomic E-state index is 0.00241. The fourth-order valence-corrected chi connectivity index (χ4v) is 1.59. The van der Waals surface area contributed by atoms with Gasteiger partial charge in [-0.3, -0.25) is 9.59 Å². The number of amides is 1. The van der Waals surface area contributed by atoms with Crippen LogP contribution in [0.1, 0.15) is 37.5 Å². The first-order valence-corrected chi connectivity index (χ1v) is 6.20. The Hall–Kier alpha value is -2.64. The monoisotopic (exact) mass is 296 g/mol. The second-order valence-corrected chi connectivity index (χ2v) is 4.38. The molecule has 3 N–H and O–H groups in total. The predicted molar refractivity (Wildman–Crippen MR) is 73.2 cm³/mol. The maximum absolute atomic E-state index is 11.6. The van der Waals surface area contributed by atoms with E-state index in [4.69, 9.17) is 9.52 Å². The molecule has 0 aromatic carbocycles. The van der Waals surface area contributed by atoms with Gasteiger partial charge in [-0.25, -0.2) is 10.2 Å². The molecule has 0 unspecified atom stereocenters. The highest BCUT2D eigenvalue weighted by molar-refractivity contribution is 6.01. The topological polar surface area (TPSA) is 129 Å². The van der Waals surface area contributed by atoms with Crippen LogP contribution in [0, 0.1) is 6.92 Å². The number of aryl methyl sites for hydroxylation is 1. The van der Waals surface area contributed by atoms with Crippen LogP contribution < -0.4 is 11.1 Å². The lowest BCUT2D eigenvalue weighted by Gasteiger charge is -2.04. The van der Waals surface area contributed by atoms with Crippen LogP contribution >= 0.6 is 0 Å². The molecule has 1 heterocycles. The van der Waals surface area contributed by atoms with Crippen LogP contribution in [0.25, 0.3) is 0 Å². The van der Waals surface area contributed by atoms with Crippen LogP contribution in [0.4, 0.5) is 0 Å². The van der Waals surface area contributed by atoms with E-state index in [1.165, 1.54) is 19.9 Å². The minimum atomic E-state index is -0.982. The summed E-state index contributed by atoms with van der Waals surface area (Å²) in [5, 5.41) is 21.8. The van der Waals surface area contributed by atoms with E-state index in [0.717, 1.165) is 0 Å². The van der Waals surface area contributed by atoms with Gasteiger partial charge < -0.3 is 14.6 Å². The van der Waals surface area contributed by atoms with Crippen molar-refractivity contribution in [2.45, 2.75) is 33.1 Å². The van der Waals surface area contributed by atoms with Crippen LogP contribution in [0.15, 0.2) is 20.4 Å². The predicted octanol–water partition coefficient (Wildman–Crippen LogP) is 0.749. The van der Waals surface area contributed by atoms with E-state index in [9.17, 15) is 19.5 Å². The standard InChI is InChI=1S/C13H16N2O6/c1-7-6-9(16)12(13(20)21-7)8(2)14-15-10(17)4-3-5-11(18)19/h6,16H,3-5H2,1-2H3,(H,15,17)(H,18,19)/b14-8+. The molecule has 1 rings (SSSR count). The summed E-state index contributed by atoms with van der Waals surface area (Å²) in [4.78, 5) is 33.3. The van der Waals surface area contributed by atoms with E-state index >= 15 is 0 Å². The number of carboxylic acids is 1. The molecule has 0 saturated carbocycles. The zero-order chi connectivity index (χ0) is 16.0. The van der Waals surface area contributed by atoms with E-state index in [-0.39, 0.29) is 42.0 Å². The largest absolute Gasteiger partial charge is 0.507 e. The van der Waals surface area contributed by atoms with Gasteiger partial charge in [0.25, 0.3) is 0 Å². The first kappa shape index (κ1) is 16.4. The zero-order valence-electron chi connectivity index (χ0n) is 11.7. The van der Waals surface area contributed by atoms with Gasteiger partial charge in [-0.2, -0.15) is 5.10 Å². The van der Waals surface area contributed by atoms with Gasteiger partial charge in [-0.1, -0.05) is 0 Å². The normalized spacial score (nSPS) is 11.2. The molecule has 21 heavy (non-hydrogen) atoms. The average Bonchev–Trinajstić information content (AvgIpc) is 2.34. The van der Waals surface area contributed by atoms with Crippen LogP contribution in [-0.2, 0) is 9.59 Å². The second-order valence-electron chi connectivity index (χ2n) is 4.38. The summed E-state index contributed by atoms with van der Waals surface area (Å²) in [6.45, 7) is 2.94. The fraction of sp³-hybridized carbons (Fsp3) is 0.385.